The summed E-state index contributed by atoms with van der Waals surface area (Å²) in [5.41, 5.74) is 0.241. The summed E-state index contributed by atoms with van der Waals surface area (Å²) in [5.74, 6) is 0.316. The van der Waals surface area contributed by atoms with Crippen LogP contribution in [0.4, 0.5) is 18.9 Å². The third-order valence-corrected chi connectivity index (χ3v) is 2.93. The molecule has 2 rings (SSSR count). The van der Waals surface area contributed by atoms with E-state index >= 15 is 0 Å². The number of furan rings is 1. The molecule has 0 aliphatic carbocycles. The molecule has 1 aromatic carbocycles. The minimum atomic E-state index is -4.73. The standard InChI is InChI=1S/C13H11BrF3NO2/c1-8(10-6-7-12(14)19-10)18-9-4-2-3-5-11(9)20-13(15,16)17/h2-8,18H,1H3. The number of anilines is 1. The zero-order valence-corrected chi connectivity index (χ0v) is 12.0. The van der Waals surface area contributed by atoms with Crippen molar-refractivity contribution in [1.29, 1.82) is 0 Å². The summed E-state index contributed by atoms with van der Waals surface area (Å²) in [6.45, 7) is 1.77. The SMILES string of the molecule is CC(Nc1ccccc1OC(F)(F)F)c1ccc(Br)o1. The molecule has 0 radical (unpaired) electrons. The molecule has 108 valence electrons. The van der Waals surface area contributed by atoms with Gasteiger partial charge in [-0.15, -0.1) is 13.2 Å². The van der Waals surface area contributed by atoms with Crippen LogP contribution < -0.4 is 10.1 Å². The molecule has 0 fully saturated rings. The molecular formula is C13H11BrF3NO2. The Labute approximate surface area is 121 Å². The molecule has 3 nitrogen and oxygen atoms in total. The van der Waals surface area contributed by atoms with Gasteiger partial charge in [0.1, 0.15) is 5.76 Å². The van der Waals surface area contributed by atoms with Gasteiger partial charge < -0.3 is 14.5 Å². The molecule has 0 saturated carbocycles. The number of para-hydroxylation sites is 2. The van der Waals surface area contributed by atoms with Crippen LogP contribution in [0.2, 0.25) is 0 Å². The molecule has 1 N–H and O–H groups in total. The van der Waals surface area contributed by atoms with E-state index in [9.17, 15) is 13.2 Å². The Morgan fingerprint density at radius 2 is 1.90 bits per heavy atom. The lowest BCUT2D eigenvalue weighted by Gasteiger charge is -2.17. The smallest absolute Gasteiger partial charge is 0.452 e. The third-order valence-electron chi connectivity index (χ3n) is 2.51. The molecule has 1 heterocycles. The van der Waals surface area contributed by atoms with Crippen LogP contribution in [-0.4, -0.2) is 6.36 Å². The monoisotopic (exact) mass is 349 g/mol. The maximum absolute atomic E-state index is 12.3. The van der Waals surface area contributed by atoms with Crippen molar-refractivity contribution in [2.24, 2.45) is 0 Å². The van der Waals surface area contributed by atoms with Crippen LogP contribution in [0.3, 0.4) is 0 Å². The summed E-state index contributed by atoms with van der Waals surface area (Å²) in [6.07, 6.45) is -4.73. The topological polar surface area (TPSA) is 34.4 Å². The van der Waals surface area contributed by atoms with Crippen molar-refractivity contribution < 1.29 is 22.3 Å². The second-order valence-corrected chi connectivity index (χ2v) is 4.83. The molecule has 20 heavy (non-hydrogen) atoms. The Morgan fingerprint density at radius 3 is 2.50 bits per heavy atom. The van der Waals surface area contributed by atoms with Crippen LogP contribution in [0.1, 0.15) is 18.7 Å². The van der Waals surface area contributed by atoms with Gasteiger partial charge in [0, 0.05) is 0 Å². The summed E-state index contributed by atoms with van der Waals surface area (Å²) in [7, 11) is 0. The summed E-state index contributed by atoms with van der Waals surface area (Å²) in [4.78, 5) is 0. The van der Waals surface area contributed by atoms with E-state index in [0.29, 0.717) is 10.4 Å². The molecule has 0 bridgehead atoms. The molecule has 0 amide bonds. The summed E-state index contributed by atoms with van der Waals surface area (Å²) in [5, 5.41) is 2.92. The van der Waals surface area contributed by atoms with Gasteiger partial charge in [0.15, 0.2) is 10.4 Å². The van der Waals surface area contributed by atoms with Crippen LogP contribution in [0.15, 0.2) is 45.5 Å². The lowest BCUT2D eigenvalue weighted by molar-refractivity contribution is -0.274. The van der Waals surface area contributed by atoms with E-state index in [0.717, 1.165) is 0 Å². The second kappa shape index (κ2) is 5.78. The number of rotatable bonds is 4. The first-order valence-electron chi connectivity index (χ1n) is 5.72. The zero-order valence-electron chi connectivity index (χ0n) is 10.4. The first kappa shape index (κ1) is 14.8. The van der Waals surface area contributed by atoms with Gasteiger partial charge in [-0.1, -0.05) is 12.1 Å². The van der Waals surface area contributed by atoms with E-state index in [2.05, 4.69) is 26.0 Å². The zero-order chi connectivity index (χ0) is 14.8. The van der Waals surface area contributed by atoms with Crippen molar-refractivity contribution in [2.75, 3.05) is 5.32 Å². The van der Waals surface area contributed by atoms with Gasteiger partial charge in [-0.05, 0) is 47.1 Å². The van der Waals surface area contributed by atoms with Crippen molar-refractivity contribution in [3.63, 3.8) is 0 Å². The third kappa shape index (κ3) is 3.93. The highest BCUT2D eigenvalue weighted by Gasteiger charge is 2.32. The van der Waals surface area contributed by atoms with E-state index in [4.69, 9.17) is 4.42 Å². The molecule has 2 aromatic rings. The quantitative estimate of drug-likeness (QED) is 0.832. The predicted molar refractivity (Wildman–Crippen MR) is 71.6 cm³/mol. The molecule has 0 aliphatic heterocycles. The molecule has 0 spiro atoms. The lowest BCUT2D eigenvalue weighted by atomic mass is 10.2. The highest BCUT2D eigenvalue weighted by Crippen LogP contribution is 2.32. The lowest BCUT2D eigenvalue weighted by Crippen LogP contribution is -2.18. The normalized spacial score (nSPS) is 13.1. The molecular weight excluding hydrogens is 339 g/mol. The van der Waals surface area contributed by atoms with Gasteiger partial charge in [-0.2, -0.15) is 0 Å². The van der Waals surface area contributed by atoms with Crippen LogP contribution >= 0.6 is 15.9 Å². The van der Waals surface area contributed by atoms with Crippen LogP contribution in [0.25, 0.3) is 0 Å². The van der Waals surface area contributed by atoms with Crippen molar-refractivity contribution in [1.82, 2.24) is 0 Å². The molecule has 0 aliphatic rings. The average Bonchev–Trinajstić information content (AvgIpc) is 2.77. The van der Waals surface area contributed by atoms with Gasteiger partial charge >= 0.3 is 6.36 Å². The predicted octanol–water partition coefficient (Wildman–Crippen LogP) is 5.11. The van der Waals surface area contributed by atoms with E-state index in [1.807, 2.05) is 0 Å². The fraction of sp³-hybridized carbons (Fsp3) is 0.231. The Hall–Kier alpha value is -1.63. The molecule has 7 heteroatoms. The maximum atomic E-state index is 12.3. The Kier molecular flexibility index (Phi) is 4.27. The second-order valence-electron chi connectivity index (χ2n) is 4.05. The van der Waals surface area contributed by atoms with Crippen molar-refractivity contribution >= 4 is 21.6 Å². The summed E-state index contributed by atoms with van der Waals surface area (Å²) in [6, 6.07) is 8.99. The maximum Gasteiger partial charge on any atom is 0.573 e. The summed E-state index contributed by atoms with van der Waals surface area (Å²) >= 11 is 3.17. The number of benzene rings is 1. The highest BCUT2D eigenvalue weighted by molar-refractivity contribution is 9.10. The van der Waals surface area contributed by atoms with E-state index in [1.54, 1.807) is 25.1 Å². The number of alkyl halides is 3. The number of nitrogens with one attached hydrogen (secondary N) is 1. The number of hydrogen-bond donors (Lipinski definition) is 1. The summed E-state index contributed by atoms with van der Waals surface area (Å²) < 4.78 is 46.8. The number of ether oxygens (including phenoxy) is 1. The van der Waals surface area contributed by atoms with Gasteiger partial charge in [0.2, 0.25) is 0 Å². The highest BCUT2D eigenvalue weighted by atomic mass is 79.9. The Bertz CT molecular complexity index is 583. The number of halogens is 4. The average molecular weight is 350 g/mol. The fourth-order valence-electron chi connectivity index (χ4n) is 1.66. The van der Waals surface area contributed by atoms with Crippen molar-refractivity contribution in [3.05, 3.63) is 46.8 Å². The van der Waals surface area contributed by atoms with Crippen LogP contribution in [-0.2, 0) is 0 Å². The van der Waals surface area contributed by atoms with Crippen LogP contribution in [0, 0.1) is 0 Å². The van der Waals surface area contributed by atoms with Crippen molar-refractivity contribution in [2.45, 2.75) is 19.3 Å². The molecule has 1 atom stereocenters. The first-order valence-corrected chi connectivity index (χ1v) is 6.51. The van der Waals surface area contributed by atoms with Gasteiger partial charge in [-0.25, -0.2) is 0 Å². The fourth-order valence-corrected chi connectivity index (χ4v) is 1.98. The van der Waals surface area contributed by atoms with Gasteiger partial charge in [0.25, 0.3) is 0 Å². The molecule has 1 aromatic heterocycles. The van der Waals surface area contributed by atoms with E-state index < -0.39 is 6.36 Å². The Balaban J connectivity index is 2.17. The van der Waals surface area contributed by atoms with E-state index in [1.165, 1.54) is 18.2 Å². The minimum absolute atomic E-state index is 0.241. The first-order chi connectivity index (χ1) is 9.35. The largest absolute Gasteiger partial charge is 0.573 e. The van der Waals surface area contributed by atoms with Crippen molar-refractivity contribution in [3.8, 4) is 5.75 Å². The molecule has 0 saturated heterocycles. The number of hydrogen-bond acceptors (Lipinski definition) is 3. The Morgan fingerprint density at radius 1 is 1.20 bits per heavy atom. The minimum Gasteiger partial charge on any atom is -0.452 e. The van der Waals surface area contributed by atoms with Crippen LogP contribution in [0.5, 0.6) is 5.75 Å². The van der Waals surface area contributed by atoms with Gasteiger partial charge in [0.05, 0.1) is 11.7 Å². The van der Waals surface area contributed by atoms with E-state index in [-0.39, 0.29) is 17.5 Å². The molecule has 1 unspecified atom stereocenters. The van der Waals surface area contributed by atoms with Gasteiger partial charge in [-0.3, -0.25) is 0 Å².